The molecular weight excluding hydrogens is 214 g/mol. The summed E-state index contributed by atoms with van der Waals surface area (Å²) in [6, 6.07) is 6.33. The molecule has 0 N–H and O–H groups in total. The van der Waals surface area contributed by atoms with Crippen LogP contribution in [0, 0.1) is 6.92 Å². The second-order valence-corrected chi connectivity index (χ2v) is 4.37. The maximum absolute atomic E-state index is 11.1. The maximum atomic E-state index is 11.1. The van der Waals surface area contributed by atoms with E-state index in [1.165, 1.54) is 11.1 Å². The first-order valence-corrected chi connectivity index (χ1v) is 6.07. The zero-order valence-corrected chi connectivity index (χ0v) is 10.3. The van der Waals surface area contributed by atoms with Gasteiger partial charge < -0.3 is 4.84 Å². The summed E-state index contributed by atoms with van der Waals surface area (Å²) in [4.78, 5) is 16.0. The molecule has 0 saturated carbocycles. The van der Waals surface area contributed by atoms with E-state index in [-0.39, 0.29) is 5.97 Å². The first-order chi connectivity index (χ1) is 8.20. The predicted octanol–water partition coefficient (Wildman–Crippen LogP) is 2.99. The van der Waals surface area contributed by atoms with Gasteiger partial charge in [-0.2, -0.15) is 0 Å². The molecule has 0 spiro atoms. The number of carbonyl (C=O) groups excluding carboxylic acids is 1. The van der Waals surface area contributed by atoms with Gasteiger partial charge in [0.05, 0.1) is 5.71 Å². The summed E-state index contributed by atoms with van der Waals surface area (Å²) in [5, 5.41) is 3.99. The third kappa shape index (κ3) is 2.73. The molecule has 0 bridgehead atoms. The number of benzene rings is 1. The third-order valence-electron chi connectivity index (χ3n) is 2.98. The largest absolute Gasteiger partial charge is 0.334 e. The Bertz CT molecular complexity index is 463. The van der Waals surface area contributed by atoms with Crippen molar-refractivity contribution in [2.75, 3.05) is 0 Å². The molecule has 0 amide bonds. The minimum absolute atomic E-state index is 0.281. The van der Waals surface area contributed by atoms with Gasteiger partial charge in [0.1, 0.15) is 0 Å². The van der Waals surface area contributed by atoms with Gasteiger partial charge in [-0.1, -0.05) is 35.8 Å². The Hall–Kier alpha value is -1.64. The molecule has 1 aliphatic rings. The normalized spacial score (nSPS) is 16.7. The van der Waals surface area contributed by atoms with Crippen molar-refractivity contribution in [2.24, 2.45) is 5.16 Å². The number of hydrogen-bond acceptors (Lipinski definition) is 3. The van der Waals surface area contributed by atoms with E-state index in [2.05, 4.69) is 30.3 Å². The SMILES string of the molecule is CCC(=O)O/N=C1/CCCc2cc(C)ccc21. The fourth-order valence-corrected chi connectivity index (χ4v) is 2.06. The van der Waals surface area contributed by atoms with Crippen LogP contribution < -0.4 is 0 Å². The smallest absolute Gasteiger partial charge is 0.318 e. The minimum Gasteiger partial charge on any atom is -0.318 e. The van der Waals surface area contributed by atoms with Crippen molar-refractivity contribution in [2.45, 2.75) is 39.5 Å². The molecule has 90 valence electrons. The summed E-state index contributed by atoms with van der Waals surface area (Å²) in [5.74, 6) is -0.281. The molecule has 0 aliphatic heterocycles. The van der Waals surface area contributed by atoms with Crippen molar-refractivity contribution in [3.05, 3.63) is 34.9 Å². The van der Waals surface area contributed by atoms with Crippen LogP contribution in [0.4, 0.5) is 0 Å². The van der Waals surface area contributed by atoms with E-state index in [4.69, 9.17) is 4.84 Å². The summed E-state index contributed by atoms with van der Waals surface area (Å²) in [6.45, 7) is 3.85. The molecule has 1 aromatic rings. The average Bonchev–Trinajstić information content (AvgIpc) is 2.35. The second kappa shape index (κ2) is 5.13. The lowest BCUT2D eigenvalue weighted by Crippen LogP contribution is -2.13. The summed E-state index contributed by atoms with van der Waals surface area (Å²) in [7, 11) is 0. The lowest BCUT2D eigenvalue weighted by Gasteiger charge is -2.17. The Morgan fingerprint density at radius 3 is 3.00 bits per heavy atom. The molecule has 17 heavy (non-hydrogen) atoms. The fourth-order valence-electron chi connectivity index (χ4n) is 2.06. The molecular formula is C14H17NO2. The first-order valence-electron chi connectivity index (χ1n) is 6.07. The van der Waals surface area contributed by atoms with Crippen LogP contribution in [0.1, 0.15) is 42.9 Å². The van der Waals surface area contributed by atoms with Gasteiger partial charge in [-0.15, -0.1) is 0 Å². The summed E-state index contributed by atoms with van der Waals surface area (Å²) < 4.78 is 0. The summed E-state index contributed by atoms with van der Waals surface area (Å²) in [6.07, 6.45) is 3.39. The topological polar surface area (TPSA) is 38.7 Å². The van der Waals surface area contributed by atoms with Crippen LogP contribution >= 0.6 is 0 Å². The average molecular weight is 231 g/mol. The minimum atomic E-state index is -0.281. The van der Waals surface area contributed by atoms with Crippen molar-refractivity contribution < 1.29 is 9.63 Å². The van der Waals surface area contributed by atoms with Gasteiger partial charge in [-0.25, -0.2) is 4.79 Å². The Balaban J connectivity index is 2.25. The van der Waals surface area contributed by atoms with E-state index in [0.717, 1.165) is 30.5 Å². The van der Waals surface area contributed by atoms with Gasteiger partial charge in [-0.05, 0) is 31.7 Å². The van der Waals surface area contributed by atoms with E-state index in [0.29, 0.717) is 6.42 Å². The molecule has 0 atom stereocenters. The molecule has 0 radical (unpaired) electrons. The van der Waals surface area contributed by atoms with Crippen molar-refractivity contribution in [3.63, 3.8) is 0 Å². The first kappa shape index (κ1) is 11.8. The van der Waals surface area contributed by atoms with Crippen LogP contribution in [0.5, 0.6) is 0 Å². The maximum Gasteiger partial charge on any atom is 0.334 e. The molecule has 1 aromatic carbocycles. The highest BCUT2D eigenvalue weighted by Crippen LogP contribution is 2.23. The highest BCUT2D eigenvalue weighted by molar-refractivity contribution is 6.02. The van der Waals surface area contributed by atoms with E-state index in [9.17, 15) is 4.79 Å². The molecule has 0 fully saturated rings. The monoisotopic (exact) mass is 231 g/mol. The zero-order valence-electron chi connectivity index (χ0n) is 10.3. The number of fused-ring (bicyclic) bond motifs is 1. The Kier molecular flexibility index (Phi) is 3.57. The third-order valence-corrected chi connectivity index (χ3v) is 2.98. The summed E-state index contributed by atoms with van der Waals surface area (Å²) >= 11 is 0. The number of aryl methyl sites for hydroxylation is 2. The van der Waals surface area contributed by atoms with Crippen molar-refractivity contribution in [3.8, 4) is 0 Å². The molecule has 0 saturated heterocycles. The molecule has 0 unspecified atom stereocenters. The molecule has 1 aliphatic carbocycles. The quantitative estimate of drug-likeness (QED) is 0.579. The van der Waals surface area contributed by atoms with Crippen molar-refractivity contribution in [1.82, 2.24) is 0 Å². The van der Waals surface area contributed by atoms with Gasteiger partial charge in [0, 0.05) is 12.0 Å². The van der Waals surface area contributed by atoms with Gasteiger partial charge in [0.2, 0.25) is 0 Å². The highest BCUT2D eigenvalue weighted by atomic mass is 16.7. The lowest BCUT2D eigenvalue weighted by molar-refractivity contribution is -0.143. The highest BCUT2D eigenvalue weighted by Gasteiger charge is 2.16. The standard InChI is InChI=1S/C14H17NO2/c1-3-14(16)17-15-13-6-4-5-11-9-10(2)7-8-12(11)13/h7-9H,3-6H2,1-2H3/b15-13-. The van der Waals surface area contributed by atoms with Crippen LogP contribution in [0.25, 0.3) is 0 Å². The van der Waals surface area contributed by atoms with Crippen molar-refractivity contribution in [1.29, 1.82) is 0 Å². The Morgan fingerprint density at radius 1 is 1.41 bits per heavy atom. The summed E-state index contributed by atoms with van der Waals surface area (Å²) in [5.41, 5.74) is 4.59. The number of hydrogen-bond donors (Lipinski definition) is 0. The number of carbonyl (C=O) groups is 1. The van der Waals surface area contributed by atoms with E-state index < -0.39 is 0 Å². The van der Waals surface area contributed by atoms with Crippen LogP contribution in [0.3, 0.4) is 0 Å². The molecule has 0 heterocycles. The zero-order chi connectivity index (χ0) is 12.3. The second-order valence-electron chi connectivity index (χ2n) is 4.37. The van der Waals surface area contributed by atoms with E-state index in [1.54, 1.807) is 6.92 Å². The number of rotatable bonds is 2. The number of nitrogens with zero attached hydrogens (tertiary/aromatic N) is 1. The molecule has 2 rings (SSSR count). The van der Waals surface area contributed by atoms with Crippen LogP contribution in [0.15, 0.2) is 23.4 Å². The molecule has 3 nitrogen and oxygen atoms in total. The van der Waals surface area contributed by atoms with Crippen LogP contribution in [-0.4, -0.2) is 11.7 Å². The van der Waals surface area contributed by atoms with E-state index in [1.807, 2.05) is 0 Å². The van der Waals surface area contributed by atoms with Crippen molar-refractivity contribution >= 4 is 11.7 Å². The fraction of sp³-hybridized carbons (Fsp3) is 0.429. The molecule has 0 aromatic heterocycles. The molecule has 3 heteroatoms. The lowest BCUT2D eigenvalue weighted by atomic mass is 9.89. The van der Waals surface area contributed by atoms with Gasteiger partial charge in [0.25, 0.3) is 0 Å². The van der Waals surface area contributed by atoms with Crippen LogP contribution in [0.2, 0.25) is 0 Å². The van der Waals surface area contributed by atoms with Crippen LogP contribution in [-0.2, 0) is 16.1 Å². The number of oxime groups is 1. The van der Waals surface area contributed by atoms with Gasteiger partial charge in [0.15, 0.2) is 0 Å². The van der Waals surface area contributed by atoms with Gasteiger partial charge in [-0.3, -0.25) is 0 Å². The predicted molar refractivity (Wildman–Crippen MR) is 67.0 cm³/mol. The van der Waals surface area contributed by atoms with Gasteiger partial charge >= 0.3 is 5.97 Å². The van der Waals surface area contributed by atoms with E-state index >= 15 is 0 Å². The Labute approximate surface area is 101 Å². The Morgan fingerprint density at radius 2 is 2.24 bits per heavy atom.